The molecule has 0 saturated heterocycles. The lowest BCUT2D eigenvalue weighted by Crippen LogP contribution is -1.78. The van der Waals surface area contributed by atoms with Crippen molar-refractivity contribution in [2.24, 2.45) is 0 Å². The summed E-state index contributed by atoms with van der Waals surface area (Å²) in [4.78, 5) is 9.00. The summed E-state index contributed by atoms with van der Waals surface area (Å²) in [7, 11) is 0. The molecule has 8 bridgehead atoms. The first-order chi connectivity index (χ1) is 11.3. The molecule has 2 aromatic carbocycles. The topological polar surface area (TPSA) is 65.2 Å². The lowest BCUT2D eigenvalue weighted by Gasteiger charge is -2.00. The smallest absolute Gasteiger partial charge is 0.263 e. The molecule has 0 saturated carbocycles. The summed E-state index contributed by atoms with van der Waals surface area (Å²) in [5.74, 6) is 1.53. The Kier molecular flexibility index (Phi) is 1.81. The summed E-state index contributed by atoms with van der Waals surface area (Å²) < 4.78 is 17.3. The Bertz CT molecular complexity index is 1130. The largest absolute Gasteiger partial charge is 0.458 e. The van der Waals surface area contributed by atoms with Gasteiger partial charge in [0.1, 0.15) is 17.3 Å². The van der Waals surface area contributed by atoms with Crippen LogP contribution in [0.2, 0.25) is 0 Å². The van der Waals surface area contributed by atoms with Gasteiger partial charge in [-0.15, -0.1) is 0 Å². The molecule has 5 aromatic rings. The van der Waals surface area contributed by atoms with E-state index in [-0.39, 0.29) is 0 Å². The zero-order valence-electron chi connectivity index (χ0n) is 11.7. The number of rotatable bonds is 0. The van der Waals surface area contributed by atoms with Crippen LogP contribution in [0.5, 0.6) is 0 Å². The van der Waals surface area contributed by atoms with Crippen LogP contribution in [-0.2, 0) is 0 Å². The maximum Gasteiger partial charge on any atom is 0.263 e. The number of hydrogen-bond donors (Lipinski definition) is 0. The molecule has 3 aromatic heterocycles. The molecule has 0 spiro atoms. The van der Waals surface area contributed by atoms with Crippen LogP contribution < -0.4 is 0 Å². The van der Waals surface area contributed by atoms with E-state index in [1.54, 1.807) is 6.26 Å². The molecule has 0 N–H and O–H groups in total. The summed E-state index contributed by atoms with van der Waals surface area (Å²) >= 11 is 0. The molecular weight excluding hydrogens is 292 g/mol. The van der Waals surface area contributed by atoms with Crippen molar-refractivity contribution >= 4 is 22.2 Å². The molecule has 0 aliphatic carbocycles. The number of furan rings is 1. The molecule has 5 heteroatoms. The van der Waals surface area contributed by atoms with Gasteiger partial charge in [0.15, 0.2) is 16.9 Å². The van der Waals surface area contributed by atoms with Crippen molar-refractivity contribution < 1.29 is 13.3 Å². The zero-order valence-corrected chi connectivity index (χ0v) is 11.7. The first kappa shape index (κ1) is 11.3. The van der Waals surface area contributed by atoms with E-state index < -0.39 is 0 Å². The Labute approximate surface area is 129 Å². The second-order valence-corrected chi connectivity index (χ2v) is 5.60. The molecule has 108 valence electrons. The minimum Gasteiger partial charge on any atom is -0.458 e. The molecule has 5 nitrogen and oxygen atoms in total. The van der Waals surface area contributed by atoms with Gasteiger partial charge in [0.2, 0.25) is 5.89 Å². The number of fused-ring (bicyclic) bond motifs is 9. The molecule has 0 fully saturated rings. The highest BCUT2D eigenvalue weighted by atomic mass is 16.4. The van der Waals surface area contributed by atoms with Gasteiger partial charge in [-0.3, -0.25) is 0 Å². The van der Waals surface area contributed by atoms with E-state index in [0.29, 0.717) is 17.5 Å². The van der Waals surface area contributed by atoms with Crippen molar-refractivity contribution in [1.82, 2.24) is 9.97 Å². The van der Waals surface area contributed by atoms with Gasteiger partial charge in [-0.1, -0.05) is 12.1 Å². The van der Waals surface area contributed by atoms with E-state index in [2.05, 4.69) is 9.97 Å². The molecule has 0 atom stereocenters. The van der Waals surface area contributed by atoms with Crippen LogP contribution in [0.15, 0.2) is 62.0 Å². The van der Waals surface area contributed by atoms with Crippen LogP contribution in [0.3, 0.4) is 0 Å². The fourth-order valence-electron chi connectivity index (χ4n) is 3.00. The van der Waals surface area contributed by atoms with Gasteiger partial charge in [-0.25, -0.2) is 9.97 Å². The summed E-state index contributed by atoms with van der Waals surface area (Å²) in [5.41, 5.74) is 5.95. The summed E-state index contributed by atoms with van der Waals surface area (Å²) in [6.07, 6.45) is 1.60. The molecule has 6 rings (SSSR count). The van der Waals surface area contributed by atoms with Gasteiger partial charge >= 0.3 is 0 Å². The molecule has 0 radical (unpaired) electrons. The lowest BCUT2D eigenvalue weighted by atomic mass is 10.1. The maximum absolute atomic E-state index is 5.89. The van der Waals surface area contributed by atoms with Crippen LogP contribution >= 0.6 is 0 Å². The average Bonchev–Trinajstić information content (AvgIpc) is 3.28. The fourth-order valence-corrected chi connectivity index (χ4v) is 3.00. The normalized spacial score (nSPS) is 12.3. The Morgan fingerprint density at radius 3 is 2.04 bits per heavy atom. The molecule has 0 amide bonds. The fraction of sp³-hybridized carbons (Fsp3) is 0. The summed E-state index contributed by atoms with van der Waals surface area (Å²) in [6.45, 7) is 0. The molecule has 4 heterocycles. The molecule has 23 heavy (non-hydrogen) atoms. The van der Waals surface area contributed by atoms with Crippen molar-refractivity contribution in [3.8, 4) is 34.2 Å². The highest BCUT2D eigenvalue weighted by Crippen LogP contribution is 2.35. The monoisotopic (exact) mass is 300 g/mol. The summed E-state index contributed by atoms with van der Waals surface area (Å²) in [6, 6.07) is 13.8. The third kappa shape index (κ3) is 1.46. The van der Waals surface area contributed by atoms with E-state index in [1.807, 2.05) is 42.5 Å². The Morgan fingerprint density at radius 2 is 1.30 bits per heavy atom. The van der Waals surface area contributed by atoms with Crippen molar-refractivity contribution in [3.05, 3.63) is 48.7 Å². The third-order valence-corrected chi connectivity index (χ3v) is 4.17. The highest BCUT2D eigenvalue weighted by molar-refractivity contribution is 5.86. The second-order valence-electron chi connectivity index (χ2n) is 5.60. The Balaban J connectivity index is 1.82. The first-order valence-electron chi connectivity index (χ1n) is 7.24. The minimum atomic E-state index is 0.452. The van der Waals surface area contributed by atoms with Gasteiger partial charge < -0.3 is 13.3 Å². The van der Waals surface area contributed by atoms with Gasteiger partial charge in [0.25, 0.3) is 5.89 Å². The predicted octanol–water partition coefficient (Wildman–Crippen LogP) is 4.88. The van der Waals surface area contributed by atoms with Gasteiger partial charge in [0, 0.05) is 6.07 Å². The lowest BCUT2D eigenvalue weighted by molar-refractivity contribution is 0.534. The van der Waals surface area contributed by atoms with Crippen molar-refractivity contribution in [2.45, 2.75) is 0 Å². The number of aromatic nitrogens is 2. The maximum atomic E-state index is 5.89. The average molecular weight is 300 g/mol. The second kappa shape index (κ2) is 3.70. The van der Waals surface area contributed by atoms with Crippen LogP contribution in [0.25, 0.3) is 56.4 Å². The van der Waals surface area contributed by atoms with Crippen molar-refractivity contribution in [2.75, 3.05) is 0 Å². The molecule has 1 aliphatic rings. The van der Waals surface area contributed by atoms with Crippen molar-refractivity contribution in [3.63, 3.8) is 0 Å². The highest BCUT2D eigenvalue weighted by Gasteiger charge is 2.18. The standard InChI is InChI=1S/C18H8N2O3/c1-3-12-14-5-9(1)10-2-4-13-15(6-10)23-18(20-13)16-7-11(8-21-16)17(19-12)22-14/h1-8H. The van der Waals surface area contributed by atoms with Gasteiger partial charge in [-0.2, -0.15) is 0 Å². The molecule has 1 aliphatic heterocycles. The predicted molar refractivity (Wildman–Crippen MR) is 83.7 cm³/mol. The van der Waals surface area contributed by atoms with E-state index in [0.717, 1.165) is 38.9 Å². The number of nitrogens with zero attached hydrogens (tertiary/aromatic N) is 2. The van der Waals surface area contributed by atoms with Crippen LogP contribution in [-0.4, -0.2) is 9.97 Å². The quantitative estimate of drug-likeness (QED) is 0.400. The SMILES string of the molecule is c1cc2nc3oc2cc1-c1ccc2nc(oc2c1)-c1cc-3co1. The van der Waals surface area contributed by atoms with Crippen molar-refractivity contribution in [1.29, 1.82) is 0 Å². The Hall–Kier alpha value is -3.34. The number of hydrogen-bond acceptors (Lipinski definition) is 5. The number of benzene rings is 2. The van der Waals surface area contributed by atoms with Gasteiger partial charge in [-0.05, 0) is 35.4 Å². The van der Waals surface area contributed by atoms with E-state index in [9.17, 15) is 0 Å². The third-order valence-electron chi connectivity index (χ3n) is 4.17. The van der Waals surface area contributed by atoms with E-state index >= 15 is 0 Å². The van der Waals surface area contributed by atoms with Gasteiger partial charge in [0.05, 0.1) is 5.56 Å². The van der Waals surface area contributed by atoms with E-state index in [4.69, 9.17) is 13.3 Å². The molecular formula is C18H8N2O3. The zero-order chi connectivity index (χ0) is 15.0. The van der Waals surface area contributed by atoms with Crippen LogP contribution in [0.4, 0.5) is 0 Å². The van der Waals surface area contributed by atoms with Crippen LogP contribution in [0.1, 0.15) is 0 Å². The number of oxazole rings is 2. The first-order valence-corrected chi connectivity index (χ1v) is 7.24. The minimum absolute atomic E-state index is 0.452. The Morgan fingerprint density at radius 1 is 0.652 bits per heavy atom. The van der Waals surface area contributed by atoms with E-state index in [1.165, 1.54) is 0 Å². The van der Waals surface area contributed by atoms with Crippen LogP contribution in [0, 0.1) is 0 Å². The summed E-state index contributed by atoms with van der Waals surface area (Å²) in [5, 5.41) is 0. The molecule has 0 unspecified atom stereocenters.